The molecule has 1 rings (SSSR count). The van der Waals surface area contributed by atoms with Crippen LogP contribution in [0.3, 0.4) is 0 Å². The van der Waals surface area contributed by atoms with Gasteiger partial charge >= 0.3 is 16.3 Å². The quantitative estimate of drug-likeness (QED) is 0.658. The van der Waals surface area contributed by atoms with E-state index < -0.39 is 21.9 Å². The van der Waals surface area contributed by atoms with Gasteiger partial charge in [0, 0.05) is 6.54 Å². The normalized spacial score (nSPS) is 18.1. The van der Waals surface area contributed by atoms with Crippen LogP contribution in [-0.2, 0) is 14.9 Å². The van der Waals surface area contributed by atoms with Gasteiger partial charge in [0.05, 0.1) is 12.1 Å². The standard InChI is InChI=1S/C7H14N2O5S/c1-7(2,11)5-8-15(12,13)9-3-4-14-6(9)10/h8,11H,3-5H2,1-2H3. The Bertz CT molecular complexity index is 345. The molecule has 8 heteroatoms. The highest BCUT2D eigenvalue weighted by Crippen LogP contribution is 2.09. The van der Waals surface area contributed by atoms with Gasteiger partial charge < -0.3 is 9.84 Å². The van der Waals surface area contributed by atoms with Crippen LogP contribution in [0.5, 0.6) is 0 Å². The summed E-state index contributed by atoms with van der Waals surface area (Å²) in [5.41, 5.74) is -1.17. The number of hydrogen-bond acceptors (Lipinski definition) is 5. The summed E-state index contributed by atoms with van der Waals surface area (Å²) in [7, 11) is -3.89. The van der Waals surface area contributed by atoms with Crippen LogP contribution in [0.4, 0.5) is 4.79 Å². The Morgan fingerprint density at radius 1 is 1.60 bits per heavy atom. The minimum atomic E-state index is -3.89. The molecule has 7 nitrogen and oxygen atoms in total. The van der Waals surface area contributed by atoms with Gasteiger partial charge in [0.2, 0.25) is 0 Å². The first-order chi connectivity index (χ1) is 6.72. The minimum Gasteiger partial charge on any atom is -0.447 e. The minimum absolute atomic E-state index is 0.0000236. The van der Waals surface area contributed by atoms with Crippen LogP contribution in [0, 0.1) is 0 Å². The van der Waals surface area contributed by atoms with Crippen LogP contribution >= 0.6 is 0 Å². The summed E-state index contributed by atoms with van der Waals surface area (Å²) < 4.78 is 30.2. The monoisotopic (exact) mass is 238 g/mol. The average Bonchev–Trinajstić information content (AvgIpc) is 2.47. The molecule has 0 spiro atoms. The van der Waals surface area contributed by atoms with Gasteiger partial charge in [-0.05, 0) is 13.8 Å². The van der Waals surface area contributed by atoms with E-state index in [1.807, 2.05) is 0 Å². The molecule has 0 atom stereocenters. The molecule has 1 aliphatic rings. The number of ether oxygens (including phenoxy) is 1. The molecule has 2 N–H and O–H groups in total. The van der Waals surface area contributed by atoms with Gasteiger partial charge in [-0.25, -0.2) is 4.79 Å². The first kappa shape index (κ1) is 12.2. The molecule has 0 unspecified atom stereocenters. The number of carbonyl (C=O) groups is 1. The molecule has 1 aliphatic heterocycles. The topological polar surface area (TPSA) is 95.9 Å². The second-order valence-electron chi connectivity index (χ2n) is 3.83. The van der Waals surface area contributed by atoms with Crippen molar-refractivity contribution in [3.05, 3.63) is 0 Å². The summed E-state index contributed by atoms with van der Waals surface area (Å²) in [5.74, 6) is 0. The fraction of sp³-hybridized carbons (Fsp3) is 0.857. The molecule has 15 heavy (non-hydrogen) atoms. The smallest absolute Gasteiger partial charge is 0.424 e. The van der Waals surface area contributed by atoms with Crippen LogP contribution in [0.15, 0.2) is 0 Å². The van der Waals surface area contributed by atoms with Crippen LogP contribution in [-0.4, -0.2) is 49.2 Å². The van der Waals surface area contributed by atoms with Crippen molar-refractivity contribution in [1.29, 1.82) is 0 Å². The van der Waals surface area contributed by atoms with E-state index in [1.165, 1.54) is 13.8 Å². The molecule has 0 radical (unpaired) electrons. The lowest BCUT2D eigenvalue weighted by atomic mass is 10.1. The van der Waals surface area contributed by atoms with Gasteiger partial charge in [-0.15, -0.1) is 0 Å². The number of carbonyl (C=O) groups excluding carboxylic acids is 1. The third kappa shape index (κ3) is 3.33. The first-order valence-electron chi connectivity index (χ1n) is 4.39. The summed E-state index contributed by atoms with van der Waals surface area (Å²) in [6.07, 6.45) is -0.891. The molecule has 88 valence electrons. The molecule has 0 aromatic carbocycles. The third-order valence-electron chi connectivity index (χ3n) is 1.70. The number of hydrogen-bond donors (Lipinski definition) is 2. The van der Waals surface area contributed by atoms with E-state index in [9.17, 15) is 18.3 Å². The zero-order valence-electron chi connectivity index (χ0n) is 8.56. The highest BCUT2D eigenvalue weighted by Gasteiger charge is 2.34. The van der Waals surface area contributed by atoms with Crippen molar-refractivity contribution in [2.24, 2.45) is 0 Å². The van der Waals surface area contributed by atoms with E-state index in [0.717, 1.165) is 0 Å². The largest absolute Gasteiger partial charge is 0.447 e. The molecule has 0 aromatic heterocycles. The second-order valence-corrected chi connectivity index (χ2v) is 5.50. The molecule has 1 fully saturated rings. The van der Waals surface area contributed by atoms with Crippen molar-refractivity contribution < 1.29 is 23.1 Å². The summed E-state index contributed by atoms with van der Waals surface area (Å²) in [6, 6.07) is 0. The van der Waals surface area contributed by atoms with E-state index in [2.05, 4.69) is 9.46 Å². The summed E-state index contributed by atoms with van der Waals surface area (Å²) >= 11 is 0. The Morgan fingerprint density at radius 2 is 2.20 bits per heavy atom. The molecule has 0 aliphatic carbocycles. The van der Waals surface area contributed by atoms with E-state index in [4.69, 9.17) is 0 Å². The van der Waals surface area contributed by atoms with E-state index in [0.29, 0.717) is 4.31 Å². The second kappa shape index (κ2) is 3.95. The van der Waals surface area contributed by atoms with E-state index in [1.54, 1.807) is 0 Å². The van der Waals surface area contributed by atoms with E-state index >= 15 is 0 Å². The molecule has 1 saturated heterocycles. The Balaban J connectivity index is 2.63. The zero-order valence-corrected chi connectivity index (χ0v) is 9.37. The average molecular weight is 238 g/mol. The summed E-state index contributed by atoms with van der Waals surface area (Å²) in [6.45, 7) is 2.80. The highest BCUT2D eigenvalue weighted by atomic mass is 32.2. The molecule has 0 aromatic rings. The highest BCUT2D eigenvalue weighted by molar-refractivity contribution is 7.87. The lowest BCUT2D eigenvalue weighted by Crippen LogP contribution is -2.46. The fourth-order valence-electron chi connectivity index (χ4n) is 0.943. The van der Waals surface area contributed by atoms with Crippen molar-refractivity contribution in [1.82, 2.24) is 9.03 Å². The van der Waals surface area contributed by atoms with Crippen molar-refractivity contribution in [3.8, 4) is 0 Å². The molecule has 0 saturated carbocycles. The predicted octanol–water partition coefficient (Wildman–Crippen LogP) is -0.956. The lowest BCUT2D eigenvalue weighted by molar-refractivity contribution is 0.0852. The van der Waals surface area contributed by atoms with Gasteiger partial charge in [0.15, 0.2) is 0 Å². The Morgan fingerprint density at radius 3 is 2.60 bits per heavy atom. The van der Waals surface area contributed by atoms with Crippen molar-refractivity contribution in [2.75, 3.05) is 19.7 Å². The molecule has 0 bridgehead atoms. The zero-order chi connectivity index (χ0) is 11.7. The summed E-state index contributed by atoms with van der Waals surface area (Å²) in [4.78, 5) is 11.0. The Labute approximate surface area is 88.2 Å². The number of cyclic esters (lactones) is 1. The predicted molar refractivity (Wildman–Crippen MR) is 51.3 cm³/mol. The van der Waals surface area contributed by atoms with Gasteiger partial charge in [0.25, 0.3) is 0 Å². The molecule has 1 heterocycles. The van der Waals surface area contributed by atoms with Crippen LogP contribution in [0.2, 0.25) is 0 Å². The third-order valence-corrected chi connectivity index (χ3v) is 3.12. The van der Waals surface area contributed by atoms with Gasteiger partial charge in [-0.3, -0.25) is 0 Å². The van der Waals surface area contributed by atoms with Gasteiger partial charge in [-0.2, -0.15) is 17.4 Å². The van der Waals surface area contributed by atoms with Gasteiger partial charge in [0.1, 0.15) is 6.61 Å². The fourth-order valence-corrected chi connectivity index (χ4v) is 2.20. The number of nitrogens with one attached hydrogen (secondary N) is 1. The van der Waals surface area contributed by atoms with Crippen LogP contribution < -0.4 is 4.72 Å². The number of amides is 1. The van der Waals surface area contributed by atoms with Crippen molar-refractivity contribution in [3.63, 3.8) is 0 Å². The number of nitrogens with zero attached hydrogens (tertiary/aromatic N) is 1. The van der Waals surface area contributed by atoms with Crippen LogP contribution in [0.25, 0.3) is 0 Å². The Kier molecular flexibility index (Phi) is 3.22. The summed E-state index contributed by atoms with van der Waals surface area (Å²) in [5, 5.41) is 9.33. The van der Waals surface area contributed by atoms with Crippen molar-refractivity contribution in [2.45, 2.75) is 19.4 Å². The van der Waals surface area contributed by atoms with Gasteiger partial charge in [-0.1, -0.05) is 0 Å². The number of aliphatic hydroxyl groups is 1. The first-order valence-corrected chi connectivity index (χ1v) is 5.83. The molecule has 1 amide bonds. The molecular weight excluding hydrogens is 224 g/mol. The maximum Gasteiger partial charge on any atom is 0.424 e. The Hall–Kier alpha value is -0.860. The maximum atomic E-state index is 11.5. The van der Waals surface area contributed by atoms with E-state index in [-0.39, 0.29) is 19.7 Å². The SMILES string of the molecule is CC(C)(O)CNS(=O)(=O)N1CCOC1=O. The lowest BCUT2D eigenvalue weighted by Gasteiger charge is -2.20. The van der Waals surface area contributed by atoms with Crippen molar-refractivity contribution >= 4 is 16.3 Å². The maximum absolute atomic E-state index is 11.5. The van der Waals surface area contributed by atoms with Crippen LogP contribution in [0.1, 0.15) is 13.8 Å². The molecular formula is C7H14N2O5S. The number of rotatable bonds is 4.